The fraction of sp³-hybridized carbons (Fsp3) is 0.217. The van der Waals surface area contributed by atoms with Crippen LogP contribution < -0.4 is 0 Å². The summed E-state index contributed by atoms with van der Waals surface area (Å²) in [5, 5.41) is 0. The maximum absolute atomic E-state index is 14.6. The lowest BCUT2D eigenvalue weighted by molar-refractivity contribution is 0.611. The second-order valence-electron chi connectivity index (χ2n) is 6.30. The Hall–Kier alpha value is -2.48. The fourth-order valence-electron chi connectivity index (χ4n) is 3.08. The van der Waals surface area contributed by atoms with Crippen molar-refractivity contribution >= 4 is 0 Å². The van der Waals surface area contributed by atoms with E-state index in [0.717, 1.165) is 24.0 Å². The predicted molar refractivity (Wildman–Crippen MR) is 101 cm³/mol. The van der Waals surface area contributed by atoms with E-state index in [1.165, 1.54) is 17.7 Å². The van der Waals surface area contributed by atoms with Gasteiger partial charge in [0.25, 0.3) is 0 Å². The second kappa shape index (κ2) is 7.60. The molecule has 25 heavy (non-hydrogen) atoms. The molecule has 0 bridgehead atoms. The van der Waals surface area contributed by atoms with Crippen LogP contribution in [0.3, 0.4) is 0 Å². The smallest absolute Gasteiger partial charge is 0.131 e. The van der Waals surface area contributed by atoms with E-state index >= 15 is 0 Å². The Morgan fingerprint density at radius 2 is 1.32 bits per heavy atom. The van der Waals surface area contributed by atoms with Gasteiger partial charge in [-0.05, 0) is 52.8 Å². The zero-order chi connectivity index (χ0) is 17.8. The van der Waals surface area contributed by atoms with Gasteiger partial charge in [0.1, 0.15) is 11.6 Å². The number of hydrogen-bond acceptors (Lipinski definition) is 0. The van der Waals surface area contributed by atoms with Gasteiger partial charge in [-0.1, -0.05) is 68.8 Å². The molecule has 0 radical (unpaired) electrons. The van der Waals surface area contributed by atoms with E-state index in [-0.39, 0.29) is 11.6 Å². The van der Waals surface area contributed by atoms with Crippen molar-refractivity contribution < 1.29 is 8.78 Å². The number of rotatable bonds is 5. The molecule has 3 aromatic carbocycles. The number of benzene rings is 3. The van der Waals surface area contributed by atoms with Crippen molar-refractivity contribution in [2.45, 2.75) is 33.1 Å². The predicted octanol–water partition coefficient (Wildman–Crippen LogP) is 6.81. The molecule has 0 heterocycles. The number of halogens is 2. The summed E-state index contributed by atoms with van der Waals surface area (Å²) in [5.74, 6) is -0.617. The maximum atomic E-state index is 14.6. The van der Waals surface area contributed by atoms with Gasteiger partial charge >= 0.3 is 0 Å². The Kier molecular flexibility index (Phi) is 5.28. The van der Waals surface area contributed by atoms with Gasteiger partial charge in [-0.25, -0.2) is 8.78 Å². The van der Waals surface area contributed by atoms with E-state index < -0.39 is 0 Å². The Morgan fingerprint density at radius 3 is 1.92 bits per heavy atom. The molecule has 0 fully saturated rings. The molecule has 0 aliphatic heterocycles. The first-order valence-electron chi connectivity index (χ1n) is 8.80. The van der Waals surface area contributed by atoms with Crippen LogP contribution in [0.5, 0.6) is 0 Å². The van der Waals surface area contributed by atoms with Crippen LogP contribution in [0.15, 0.2) is 60.7 Å². The highest BCUT2D eigenvalue weighted by Gasteiger charge is 2.10. The molecule has 0 saturated heterocycles. The lowest BCUT2D eigenvalue weighted by Gasteiger charge is -2.09. The lowest BCUT2D eigenvalue weighted by atomic mass is 9.97. The standard InChI is InChI=1S/C23H22F2/c1-3-5-16-6-8-18(9-7-16)19-12-13-21(23(25)14-19)20-11-10-17(4-2)22(24)15-20/h6-15H,3-5H2,1-2H3. The summed E-state index contributed by atoms with van der Waals surface area (Å²) in [6.07, 6.45) is 2.78. The average molecular weight is 336 g/mol. The van der Waals surface area contributed by atoms with E-state index in [1.54, 1.807) is 18.2 Å². The molecule has 0 saturated carbocycles. The topological polar surface area (TPSA) is 0 Å². The molecule has 0 N–H and O–H groups in total. The molecule has 2 heteroatoms. The van der Waals surface area contributed by atoms with Crippen LogP contribution >= 0.6 is 0 Å². The summed E-state index contributed by atoms with van der Waals surface area (Å²) < 4.78 is 28.6. The first-order valence-corrected chi connectivity index (χ1v) is 8.80. The van der Waals surface area contributed by atoms with Crippen molar-refractivity contribution in [2.75, 3.05) is 0 Å². The van der Waals surface area contributed by atoms with Crippen LogP contribution in [0.25, 0.3) is 22.3 Å². The van der Waals surface area contributed by atoms with Gasteiger partial charge in [-0.15, -0.1) is 0 Å². The zero-order valence-corrected chi connectivity index (χ0v) is 14.7. The van der Waals surface area contributed by atoms with Crippen LogP contribution in [-0.4, -0.2) is 0 Å². The Bertz CT molecular complexity index is 864. The molecule has 3 rings (SSSR count). The fourth-order valence-corrected chi connectivity index (χ4v) is 3.08. The van der Waals surface area contributed by atoms with Crippen LogP contribution in [0.1, 0.15) is 31.4 Å². The van der Waals surface area contributed by atoms with E-state index in [9.17, 15) is 8.78 Å². The van der Waals surface area contributed by atoms with Crippen molar-refractivity contribution in [3.05, 3.63) is 83.4 Å². The van der Waals surface area contributed by atoms with Crippen molar-refractivity contribution in [1.82, 2.24) is 0 Å². The van der Waals surface area contributed by atoms with E-state index in [0.29, 0.717) is 23.1 Å². The van der Waals surface area contributed by atoms with E-state index in [2.05, 4.69) is 19.1 Å². The van der Waals surface area contributed by atoms with E-state index in [1.807, 2.05) is 25.1 Å². The summed E-state index contributed by atoms with van der Waals surface area (Å²) in [6, 6.07) is 18.3. The summed E-state index contributed by atoms with van der Waals surface area (Å²) in [6.45, 7) is 4.05. The highest BCUT2D eigenvalue weighted by Crippen LogP contribution is 2.29. The van der Waals surface area contributed by atoms with Gasteiger partial charge < -0.3 is 0 Å². The van der Waals surface area contributed by atoms with Crippen LogP contribution in [0.4, 0.5) is 8.78 Å². The van der Waals surface area contributed by atoms with Gasteiger partial charge in [-0.3, -0.25) is 0 Å². The van der Waals surface area contributed by atoms with Crippen molar-refractivity contribution in [3.8, 4) is 22.3 Å². The van der Waals surface area contributed by atoms with Crippen molar-refractivity contribution in [3.63, 3.8) is 0 Å². The largest absolute Gasteiger partial charge is 0.207 e. The van der Waals surface area contributed by atoms with Crippen LogP contribution in [0.2, 0.25) is 0 Å². The van der Waals surface area contributed by atoms with E-state index in [4.69, 9.17) is 0 Å². The molecule has 0 nitrogen and oxygen atoms in total. The molecule has 0 unspecified atom stereocenters. The summed E-state index contributed by atoms with van der Waals surface area (Å²) in [5.41, 5.74) is 4.74. The Morgan fingerprint density at radius 1 is 0.680 bits per heavy atom. The maximum Gasteiger partial charge on any atom is 0.131 e. The van der Waals surface area contributed by atoms with Gasteiger partial charge in [0.2, 0.25) is 0 Å². The summed E-state index contributed by atoms with van der Waals surface area (Å²) in [4.78, 5) is 0. The third-order valence-electron chi connectivity index (χ3n) is 4.54. The minimum absolute atomic E-state index is 0.282. The average Bonchev–Trinajstić information content (AvgIpc) is 2.62. The highest BCUT2D eigenvalue weighted by molar-refractivity contribution is 5.71. The molecule has 3 aromatic rings. The summed E-state index contributed by atoms with van der Waals surface area (Å²) in [7, 11) is 0. The first-order chi connectivity index (χ1) is 12.1. The van der Waals surface area contributed by atoms with Gasteiger partial charge in [-0.2, -0.15) is 0 Å². The first kappa shape index (κ1) is 17.3. The SMILES string of the molecule is CCCc1ccc(-c2ccc(-c3ccc(CC)c(F)c3)c(F)c2)cc1. The molecule has 0 atom stereocenters. The Labute approximate surface area is 148 Å². The normalized spacial score (nSPS) is 10.9. The monoisotopic (exact) mass is 336 g/mol. The molecule has 0 aromatic heterocycles. The van der Waals surface area contributed by atoms with Gasteiger partial charge in [0.05, 0.1) is 0 Å². The second-order valence-corrected chi connectivity index (χ2v) is 6.30. The molecule has 128 valence electrons. The number of aryl methyl sites for hydroxylation is 2. The third kappa shape index (κ3) is 3.79. The third-order valence-corrected chi connectivity index (χ3v) is 4.54. The van der Waals surface area contributed by atoms with Gasteiger partial charge in [0, 0.05) is 5.56 Å². The number of hydrogen-bond donors (Lipinski definition) is 0. The van der Waals surface area contributed by atoms with Crippen molar-refractivity contribution in [1.29, 1.82) is 0 Å². The molecular formula is C23H22F2. The molecule has 0 amide bonds. The Balaban J connectivity index is 1.91. The molecule has 0 aliphatic carbocycles. The quantitative estimate of drug-likeness (QED) is 0.480. The minimum Gasteiger partial charge on any atom is -0.207 e. The molecule has 0 aliphatic rings. The summed E-state index contributed by atoms with van der Waals surface area (Å²) >= 11 is 0. The van der Waals surface area contributed by atoms with Crippen molar-refractivity contribution in [2.24, 2.45) is 0 Å². The highest BCUT2D eigenvalue weighted by atomic mass is 19.1. The lowest BCUT2D eigenvalue weighted by Crippen LogP contribution is -1.91. The van der Waals surface area contributed by atoms with Crippen LogP contribution in [0, 0.1) is 11.6 Å². The minimum atomic E-state index is -0.334. The van der Waals surface area contributed by atoms with Crippen LogP contribution in [-0.2, 0) is 12.8 Å². The van der Waals surface area contributed by atoms with Gasteiger partial charge in [0.15, 0.2) is 0 Å². The zero-order valence-electron chi connectivity index (χ0n) is 14.7. The molecular weight excluding hydrogens is 314 g/mol. The molecule has 0 spiro atoms.